The second-order valence-corrected chi connectivity index (χ2v) is 11.1. The molecule has 1 aromatic carbocycles. The van der Waals surface area contributed by atoms with Gasteiger partial charge in [0, 0.05) is 24.7 Å². The highest BCUT2D eigenvalue weighted by atomic mass is 32.2. The lowest BCUT2D eigenvalue weighted by molar-refractivity contribution is -0.122. The molecule has 1 aliphatic carbocycles. The Labute approximate surface area is 181 Å². The highest BCUT2D eigenvalue weighted by molar-refractivity contribution is 7.91. The third-order valence-corrected chi connectivity index (χ3v) is 8.30. The van der Waals surface area contributed by atoms with E-state index in [1.165, 1.54) is 11.1 Å². The van der Waals surface area contributed by atoms with Crippen molar-refractivity contribution in [2.75, 3.05) is 28.3 Å². The zero-order valence-corrected chi connectivity index (χ0v) is 18.3. The Bertz CT molecular complexity index is 1170. The van der Waals surface area contributed by atoms with Crippen LogP contribution in [0, 0.1) is 12.8 Å². The second-order valence-electron chi connectivity index (χ2n) is 8.87. The van der Waals surface area contributed by atoms with Crippen LogP contribution in [0.5, 0.6) is 0 Å². The number of hydrogen-bond donors (Lipinski definition) is 1. The maximum absolute atomic E-state index is 13.0. The molecule has 31 heavy (non-hydrogen) atoms. The Morgan fingerprint density at radius 2 is 2.00 bits per heavy atom. The van der Waals surface area contributed by atoms with Gasteiger partial charge >= 0.3 is 0 Å². The molecule has 3 heterocycles. The number of rotatable bonds is 4. The van der Waals surface area contributed by atoms with Gasteiger partial charge in [0.2, 0.25) is 11.8 Å². The fraction of sp³-hybridized carbons (Fsp3) is 0.500. The number of aryl methyl sites for hydroxylation is 3. The fourth-order valence-corrected chi connectivity index (χ4v) is 6.64. The van der Waals surface area contributed by atoms with E-state index in [4.69, 9.17) is 0 Å². The van der Waals surface area contributed by atoms with Crippen molar-refractivity contribution in [1.29, 1.82) is 0 Å². The van der Waals surface area contributed by atoms with Crippen molar-refractivity contribution >= 4 is 33.2 Å². The molecule has 2 amide bonds. The number of aromatic nitrogens is 2. The number of hydrogen-bond acceptors (Lipinski definition) is 5. The van der Waals surface area contributed by atoms with E-state index < -0.39 is 15.8 Å². The summed E-state index contributed by atoms with van der Waals surface area (Å²) in [7, 11) is -3.07. The normalized spacial score (nSPS) is 24.5. The molecule has 2 saturated heterocycles. The molecule has 1 N–H and O–H groups in total. The van der Waals surface area contributed by atoms with Gasteiger partial charge in [-0.05, 0) is 55.9 Å². The molecule has 0 radical (unpaired) electrons. The molecule has 9 heteroatoms. The van der Waals surface area contributed by atoms with Gasteiger partial charge in [-0.25, -0.2) is 13.1 Å². The molecule has 2 aromatic rings. The number of fused-ring (bicyclic) bond motifs is 1. The lowest BCUT2D eigenvalue weighted by Gasteiger charge is -2.18. The zero-order chi connectivity index (χ0) is 21.8. The van der Waals surface area contributed by atoms with Gasteiger partial charge in [-0.2, -0.15) is 5.10 Å². The summed E-state index contributed by atoms with van der Waals surface area (Å²) in [6, 6.07) is 7.62. The highest BCUT2D eigenvalue weighted by Crippen LogP contribution is 2.32. The zero-order valence-electron chi connectivity index (χ0n) is 17.5. The molecule has 2 fully saturated rings. The van der Waals surface area contributed by atoms with Crippen molar-refractivity contribution in [3.05, 3.63) is 41.1 Å². The number of anilines is 2. The maximum atomic E-state index is 13.0. The lowest BCUT2D eigenvalue weighted by atomic mass is 10.1. The molecule has 0 bridgehead atoms. The van der Waals surface area contributed by atoms with E-state index in [0.29, 0.717) is 24.5 Å². The largest absolute Gasteiger partial charge is 0.312 e. The Morgan fingerprint density at radius 1 is 1.19 bits per heavy atom. The number of carbonyl (C=O) groups is 2. The summed E-state index contributed by atoms with van der Waals surface area (Å²) in [5, 5.41) is 7.31. The molecule has 0 saturated carbocycles. The van der Waals surface area contributed by atoms with E-state index >= 15 is 0 Å². The third-order valence-electron chi connectivity index (χ3n) is 6.55. The van der Waals surface area contributed by atoms with Crippen LogP contribution in [-0.4, -0.2) is 48.1 Å². The van der Waals surface area contributed by atoms with E-state index in [1.807, 2.05) is 13.0 Å². The molecular weight excluding hydrogens is 416 g/mol. The van der Waals surface area contributed by atoms with Crippen molar-refractivity contribution in [3.63, 3.8) is 0 Å². The second kappa shape index (κ2) is 7.47. The van der Waals surface area contributed by atoms with Gasteiger partial charge in [-0.1, -0.05) is 6.07 Å². The molecule has 1 aromatic heterocycles. The van der Waals surface area contributed by atoms with Crippen LogP contribution in [0.1, 0.15) is 42.1 Å². The minimum absolute atomic E-state index is 0.0327. The first-order chi connectivity index (χ1) is 14.8. The van der Waals surface area contributed by atoms with Crippen LogP contribution < -0.4 is 10.2 Å². The van der Waals surface area contributed by atoms with Crippen LogP contribution in [0.15, 0.2) is 24.3 Å². The Hall–Kier alpha value is -2.68. The summed E-state index contributed by atoms with van der Waals surface area (Å²) in [5.41, 5.74) is 4.21. The van der Waals surface area contributed by atoms with Gasteiger partial charge in [0.15, 0.2) is 9.84 Å². The van der Waals surface area contributed by atoms with E-state index in [9.17, 15) is 18.0 Å². The first-order valence-corrected chi connectivity index (χ1v) is 12.6. The van der Waals surface area contributed by atoms with Crippen molar-refractivity contribution in [1.82, 2.24) is 9.78 Å². The SMILES string of the molecule is Cc1cc(NC(=O)C2CC(=O)N(c3ccc4c(c3)CCC4)C2)n(C2CCS(=O)(=O)C2)n1. The number of carbonyl (C=O) groups excluding carboxylic acids is 2. The average molecular weight is 443 g/mol. The standard InChI is InChI=1S/C22H26N4O4S/c1-14-9-20(26(24-14)19-7-8-31(29,30)13-19)23-22(28)17-11-21(27)25(12-17)18-6-5-15-3-2-4-16(15)10-18/h5-6,9-10,17,19H,2-4,7-8,11-13H2,1H3,(H,23,28). The van der Waals surface area contributed by atoms with Crippen molar-refractivity contribution in [2.24, 2.45) is 5.92 Å². The van der Waals surface area contributed by atoms with E-state index in [-0.39, 0.29) is 35.8 Å². The highest BCUT2D eigenvalue weighted by Gasteiger charge is 2.37. The average Bonchev–Trinajstić information content (AvgIpc) is 3.47. The van der Waals surface area contributed by atoms with Crippen LogP contribution in [0.4, 0.5) is 11.5 Å². The smallest absolute Gasteiger partial charge is 0.230 e. The van der Waals surface area contributed by atoms with Crippen LogP contribution >= 0.6 is 0 Å². The van der Waals surface area contributed by atoms with Crippen molar-refractivity contribution < 1.29 is 18.0 Å². The summed E-state index contributed by atoms with van der Waals surface area (Å²) >= 11 is 0. The quantitative estimate of drug-likeness (QED) is 0.781. The first kappa shape index (κ1) is 20.2. The number of benzene rings is 1. The van der Waals surface area contributed by atoms with Crippen molar-refractivity contribution in [3.8, 4) is 0 Å². The monoisotopic (exact) mass is 442 g/mol. The number of nitrogens with zero attached hydrogens (tertiary/aromatic N) is 3. The van der Waals surface area contributed by atoms with Gasteiger partial charge in [0.05, 0.1) is 29.2 Å². The summed E-state index contributed by atoms with van der Waals surface area (Å²) in [6.07, 6.45) is 3.92. The van der Waals surface area contributed by atoms with Crippen LogP contribution in [0.3, 0.4) is 0 Å². The van der Waals surface area contributed by atoms with Crippen LogP contribution in [0.2, 0.25) is 0 Å². The summed E-state index contributed by atoms with van der Waals surface area (Å²) < 4.78 is 25.4. The number of nitrogens with one attached hydrogen (secondary N) is 1. The summed E-state index contributed by atoms with van der Waals surface area (Å²) in [4.78, 5) is 27.3. The van der Waals surface area contributed by atoms with E-state index in [0.717, 1.165) is 24.9 Å². The van der Waals surface area contributed by atoms with Crippen LogP contribution in [0.25, 0.3) is 0 Å². The van der Waals surface area contributed by atoms with Crippen molar-refractivity contribution in [2.45, 2.75) is 45.1 Å². The van der Waals surface area contributed by atoms with E-state index in [1.54, 1.807) is 15.6 Å². The molecule has 3 aliphatic rings. The molecule has 0 spiro atoms. The summed E-state index contributed by atoms with van der Waals surface area (Å²) in [5.74, 6) is -0.0876. The molecule has 2 unspecified atom stereocenters. The lowest BCUT2D eigenvalue weighted by Crippen LogP contribution is -2.29. The molecule has 8 nitrogen and oxygen atoms in total. The van der Waals surface area contributed by atoms with Gasteiger partial charge < -0.3 is 10.2 Å². The van der Waals surface area contributed by atoms with Gasteiger partial charge in [-0.3, -0.25) is 9.59 Å². The molecule has 2 aliphatic heterocycles. The van der Waals surface area contributed by atoms with E-state index in [2.05, 4.69) is 22.5 Å². The molecular formula is C22H26N4O4S. The Morgan fingerprint density at radius 3 is 2.77 bits per heavy atom. The predicted molar refractivity (Wildman–Crippen MR) is 117 cm³/mol. The minimum atomic E-state index is -3.07. The number of sulfone groups is 1. The Balaban J connectivity index is 1.30. The summed E-state index contributed by atoms with van der Waals surface area (Å²) in [6.45, 7) is 2.15. The third kappa shape index (κ3) is 3.86. The number of amides is 2. The predicted octanol–water partition coefficient (Wildman–Crippen LogP) is 2.03. The van der Waals surface area contributed by atoms with Gasteiger partial charge in [-0.15, -0.1) is 0 Å². The first-order valence-electron chi connectivity index (χ1n) is 10.8. The van der Waals surface area contributed by atoms with Crippen LogP contribution in [-0.2, 0) is 32.3 Å². The minimum Gasteiger partial charge on any atom is -0.312 e. The molecule has 5 rings (SSSR count). The van der Waals surface area contributed by atoms with Gasteiger partial charge in [0.25, 0.3) is 0 Å². The Kier molecular flexibility index (Phi) is 4.88. The fourth-order valence-electron chi connectivity index (χ4n) is 4.94. The topological polar surface area (TPSA) is 101 Å². The molecule has 2 atom stereocenters. The van der Waals surface area contributed by atoms with Gasteiger partial charge in [0.1, 0.15) is 5.82 Å². The molecule has 164 valence electrons. The maximum Gasteiger partial charge on any atom is 0.230 e.